The molecular weight excluding hydrogens is 216 g/mol. The summed E-state index contributed by atoms with van der Waals surface area (Å²) in [6.07, 6.45) is 1.65. The van der Waals surface area contributed by atoms with Crippen LogP contribution in [0.15, 0.2) is 34.9 Å². The highest BCUT2D eigenvalue weighted by Gasteiger charge is 2.12. The molecule has 16 heavy (non-hydrogen) atoms. The van der Waals surface area contributed by atoms with Crippen molar-refractivity contribution in [2.45, 2.75) is 20.8 Å². The van der Waals surface area contributed by atoms with Gasteiger partial charge in [-0.2, -0.15) is 0 Å². The Morgan fingerprint density at radius 1 is 1.12 bits per heavy atom. The molecule has 0 aliphatic carbocycles. The van der Waals surface area contributed by atoms with Gasteiger partial charge in [-0.1, -0.05) is 29.9 Å². The van der Waals surface area contributed by atoms with E-state index in [-0.39, 0.29) is 0 Å². The molecule has 2 rings (SSSR count). The molecule has 0 spiro atoms. The fourth-order valence-electron chi connectivity index (χ4n) is 2.07. The van der Waals surface area contributed by atoms with E-state index in [1.165, 1.54) is 16.7 Å². The Bertz CT molecular complexity index is 501. The molecule has 1 heterocycles. The van der Waals surface area contributed by atoms with Gasteiger partial charge in [-0.05, 0) is 44.0 Å². The first-order valence-electron chi connectivity index (χ1n) is 5.25. The number of aryl methyl sites for hydroxylation is 3. The van der Waals surface area contributed by atoms with Gasteiger partial charge in [0.1, 0.15) is 5.76 Å². The highest BCUT2D eigenvalue weighted by molar-refractivity contribution is 7.81. The Morgan fingerprint density at radius 2 is 1.75 bits per heavy atom. The molecule has 0 aliphatic heterocycles. The first kappa shape index (κ1) is 11.1. The maximum Gasteiger partial charge on any atom is 0.145 e. The van der Waals surface area contributed by atoms with Crippen molar-refractivity contribution >= 4 is 17.1 Å². The molecular formula is C14H14OS. The lowest BCUT2D eigenvalue weighted by Crippen LogP contribution is -2.04. The summed E-state index contributed by atoms with van der Waals surface area (Å²) in [5.41, 5.74) is 4.80. The summed E-state index contributed by atoms with van der Waals surface area (Å²) in [7, 11) is 0. The zero-order valence-electron chi connectivity index (χ0n) is 9.70. The van der Waals surface area contributed by atoms with Crippen LogP contribution in [0.5, 0.6) is 0 Å². The van der Waals surface area contributed by atoms with E-state index in [0.29, 0.717) is 0 Å². The molecule has 0 unspecified atom stereocenters. The van der Waals surface area contributed by atoms with Crippen molar-refractivity contribution < 1.29 is 4.42 Å². The van der Waals surface area contributed by atoms with Crippen molar-refractivity contribution in [3.05, 3.63) is 58.5 Å². The van der Waals surface area contributed by atoms with E-state index in [4.69, 9.17) is 16.6 Å². The summed E-state index contributed by atoms with van der Waals surface area (Å²) in [4.78, 5) is 0.792. The van der Waals surface area contributed by atoms with Crippen LogP contribution < -0.4 is 0 Å². The van der Waals surface area contributed by atoms with Gasteiger partial charge in [0.25, 0.3) is 0 Å². The van der Waals surface area contributed by atoms with Gasteiger partial charge in [0, 0.05) is 5.56 Å². The van der Waals surface area contributed by atoms with Gasteiger partial charge in [0.15, 0.2) is 0 Å². The summed E-state index contributed by atoms with van der Waals surface area (Å²) in [5, 5.41) is 0. The zero-order chi connectivity index (χ0) is 11.7. The molecule has 0 amide bonds. The maximum absolute atomic E-state index is 5.47. The number of hydrogen-bond donors (Lipinski definition) is 0. The molecule has 0 radical (unpaired) electrons. The summed E-state index contributed by atoms with van der Waals surface area (Å²) in [6.45, 7) is 6.27. The Hall–Kier alpha value is -1.41. The zero-order valence-corrected chi connectivity index (χ0v) is 10.5. The topological polar surface area (TPSA) is 13.1 Å². The average Bonchev–Trinajstić information content (AvgIpc) is 2.67. The third-order valence-corrected chi connectivity index (χ3v) is 3.05. The van der Waals surface area contributed by atoms with Crippen LogP contribution in [0.4, 0.5) is 0 Å². The number of furan rings is 1. The van der Waals surface area contributed by atoms with E-state index in [9.17, 15) is 0 Å². The van der Waals surface area contributed by atoms with Crippen LogP contribution >= 0.6 is 12.2 Å². The second kappa shape index (κ2) is 4.22. The molecule has 0 atom stereocenters. The molecule has 0 aliphatic rings. The first-order valence-corrected chi connectivity index (χ1v) is 5.66. The fraction of sp³-hybridized carbons (Fsp3) is 0.214. The molecule has 1 aromatic heterocycles. The van der Waals surface area contributed by atoms with E-state index in [0.717, 1.165) is 16.2 Å². The summed E-state index contributed by atoms with van der Waals surface area (Å²) in [5.74, 6) is 0.769. The van der Waals surface area contributed by atoms with Crippen LogP contribution in [0.3, 0.4) is 0 Å². The lowest BCUT2D eigenvalue weighted by atomic mass is 9.96. The van der Waals surface area contributed by atoms with Crippen LogP contribution in [0, 0.1) is 20.8 Å². The molecule has 0 saturated heterocycles. The van der Waals surface area contributed by atoms with Gasteiger partial charge >= 0.3 is 0 Å². The monoisotopic (exact) mass is 230 g/mol. The summed E-state index contributed by atoms with van der Waals surface area (Å²) < 4.78 is 5.35. The average molecular weight is 230 g/mol. The van der Waals surface area contributed by atoms with Gasteiger partial charge in [-0.15, -0.1) is 0 Å². The number of benzene rings is 1. The van der Waals surface area contributed by atoms with Gasteiger partial charge in [-0.3, -0.25) is 0 Å². The standard InChI is InChI=1S/C14H14OS/c1-9-7-10(2)13(11(3)8-9)14(16)12-5-4-6-15-12/h4-8H,1-3H3. The van der Waals surface area contributed by atoms with Crippen LogP contribution in [0.1, 0.15) is 28.0 Å². The van der Waals surface area contributed by atoms with E-state index in [1.54, 1.807) is 6.26 Å². The molecule has 2 heteroatoms. The lowest BCUT2D eigenvalue weighted by Gasteiger charge is -2.10. The predicted octanol–water partition coefficient (Wildman–Crippen LogP) is 3.97. The molecule has 1 nitrogen and oxygen atoms in total. The molecule has 0 bridgehead atoms. The van der Waals surface area contributed by atoms with Gasteiger partial charge in [0.05, 0.1) is 11.1 Å². The molecule has 82 valence electrons. The number of rotatable bonds is 2. The van der Waals surface area contributed by atoms with Crippen LogP contribution in [0.2, 0.25) is 0 Å². The third kappa shape index (κ3) is 1.93. The quantitative estimate of drug-likeness (QED) is 0.572. The first-order chi connectivity index (χ1) is 7.59. The van der Waals surface area contributed by atoms with Crippen LogP contribution in [-0.4, -0.2) is 4.86 Å². The van der Waals surface area contributed by atoms with E-state index in [1.807, 2.05) is 12.1 Å². The highest BCUT2D eigenvalue weighted by Crippen LogP contribution is 2.21. The van der Waals surface area contributed by atoms with Crippen molar-refractivity contribution in [1.29, 1.82) is 0 Å². The SMILES string of the molecule is Cc1cc(C)c(C(=S)c2ccco2)c(C)c1. The van der Waals surface area contributed by atoms with Gasteiger partial charge in [0.2, 0.25) is 0 Å². The second-order valence-corrected chi connectivity index (χ2v) is 4.49. The van der Waals surface area contributed by atoms with E-state index in [2.05, 4.69) is 32.9 Å². The predicted molar refractivity (Wildman–Crippen MR) is 70.2 cm³/mol. The third-order valence-electron chi connectivity index (χ3n) is 2.65. The maximum atomic E-state index is 5.47. The van der Waals surface area contributed by atoms with Crippen molar-refractivity contribution in [1.82, 2.24) is 0 Å². The van der Waals surface area contributed by atoms with Crippen molar-refractivity contribution in [2.24, 2.45) is 0 Å². The second-order valence-electron chi connectivity index (χ2n) is 4.08. The Morgan fingerprint density at radius 3 is 2.25 bits per heavy atom. The number of thiocarbonyl (C=S) groups is 1. The normalized spacial score (nSPS) is 10.4. The van der Waals surface area contributed by atoms with Crippen LogP contribution in [-0.2, 0) is 0 Å². The fourth-order valence-corrected chi connectivity index (χ4v) is 2.51. The van der Waals surface area contributed by atoms with E-state index >= 15 is 0 Å². The number of hydrogen-bond acceptors (Lipinski definition) is 2. The summed E-state index contributed by atoms with van der Waals surface area (Å²) >= 11 is 5.47. The highest BCUT2D eigenvalue weighted by atomic mass is 32.1. The molecule has 0 fully saturated rings. The molecule has 2 aromatic rings. The smallest absolute Gasteiger partial charge is 0.145 e. The van der Waals surface area contributed by atoms with Crippen molar-refractivity contribution in [3.63, 3.8) is 0 Å². The minimum absolute atomic E-state index is 0.769. The lowest BCUT2D eigenvalue weighted by molar-refractivity contribution is 0.559. The van der Waals surface area contributed by atoms with Crippen molar-refractivity contribution in [2.75, 3.05) is 0 Å². The molecule has 0 N–H and O–H groups in total. The minimum atomic E-state index is 0.769. The van der Waals surface area contributed by atoms with Crippen LogP contribution in [0.25, 0.3) is 0 Å². The molecule has 1 aromatic carbocycles. The largest absolute Gasteiger partial charge is 0.463 e. The van der Waals surface area contributed by atoms with E-state index < -0.39 is 0 Å². The van der Waals surface area contributed by atoms with Gasteiger partial charge < -0.3 is 4.42 Å². The summed E-state index contributed by atoms with van der Waals surface area (Å²) in [6, 6.07) is 8.07. The minimum Gasteiger partial charge on any atom is -0.463 e. The Balaban J connectivity index is 2.53. The van der Waals surface area contributed by atoms with Gasteiger partial charge in [-0.25, -0.2) is 0 Å². The molecule has 0 saturated carbocycles. The Labute approximate surface area is 101 Å². The Kier molecular flexibility index (Phi) is 2.92. The van der Waals surface area contributed by atoms with Crippen molar-refractivity contribution in [3.8, 4) is 0 Å².